The molecule has 0 atom stereocenters. The topological polar surface area (TPSA) is 46.5 Å². The number of aliphatic carboxylic acids is 1. The van der Waals surface area contributed by atoms with Crippen molar-refractivity contribution in [3.8, 4) is 5.75 Å². The van der Waals surface area contributed by atoms with Gasteiger partial charge in [-0.2, -0.15) is 0 Å². The molecule has 1 N–H and O–H groups in total. The summed E-state index contributed by atoms with van der Waals surface area (Å²) in [6, 6.07) is 4.34. The Bertz CT molecular complexity index is 443. The Morgan fingerprint density at radius 3 is 2.71 bits per heavy atom. The molecule has 0 heterocycles. The highest BCUT2D eigenvalue weighted by Crippen LogP contribution is 2.40. The van der Waals surface area contributed by atoms with Crippen LogP contribution in [0.4, 0.5) is 4.39 Å². The lowest BCUT2D eigenvalue weighted by molar-refractivity contribution is -0.144. The van der Waals surface area contributed by atoms with Crippen LogP contribution in [0.25, 0.3) is 0 Å². The maximum atomic E-state index is 13.0. The molecule has 17 heavy (non-hydrogen) atoms. The van der Waals surface area contributed by atoms with E-state index in [0.29, 0.717) is 10.2 Å². The van der Waals surface area contributed by atoms with Crippen molar-refractivity contribution in [2.45, 2.75) is 31.3 Å². The zero-order chi connectivity index (χ0) is 12.5. The Hall–Kier alpha value is -1.10. The predicted molar refractivity (Wildman–Crippen MR) is 63.6 cm³/mol. The first-order chi connectivity index (χ1) is 8.01. The van der Waals surface area contributed by atoms with Crippen LogP contribution in [0.1, 0.15) is 25.7 Å². The molecule has 0 unspecified atom stereocenters. The SMILES string of the molecule is O=C(O)CC1(Oc2ccc(F)c(Br)c2)CCC1. The van der Waals surface area contributed by atoms with Crippen LogP contribution in [0.3, 0.4) is 0 Å². The van der Waals surface area contributed by atoms with E-state index >= 15 is 0 Å². The number of carboxylic acids is 1. The average Bonchev–Trinajstić information content (AvgIpc) is 2.19. The van der Waals surface area contributed by atoms with Crippen molar-refractivity contribution in [2.75, 3.05) is 0 Å². The summed E-state index contributed by atoms with van der Waals surface area (Å²) in [4.78, 5) is 10.8. The first-order valence-electron chi connectivity index (χ1n) is 5.37. The van der Waals surface area contributed by atoms with Gasteiger partial charge in [-0.1, -0.05) is 0 Å². The Balaban J connectivity index is 2.13. The maximum absolute atomic E-state index is 13.0. The third kappa shape index (κ3) is 2.77. The van der Waals surface area contributed by atoms with Gasteiger partial charge in [-0.25, -0.2) is 4.39 Å². The molecule has 1 saturated carbocycles. The van der Waals surface area contributed by atoms with E-state index in [9.17, 15) is 9.18 Å². The lowest BCUT2D eigenvalue weighted by Gasteiger charge is -2.40. The van der Waals surface area contributed by atoms with E-state index in [2.05, 4.69) is 15.9 Å². The minimum absolute atomic E-state index is 0.0119. The van der Waals surface area contributed by atoms with Crippen molar-refractivity contribution in [2.24, 2.45) is 0 Å². The van der Waals surface area contributed by atoms with E-state index in [1.165, 1.54) is 18.2 Å². The molecule has 0 amide bonds. The average molecular weight is 303 g/mol. The fourth-order valence-electron chi connectivity index (χ4n) is 1.95. The summed E-state index contributed by atoms with van der Waals surface area (Å²) in [6.45, 7) is 0. The largest absolute Gasteiger partial charge is 0.487 e. The number of carbonyl (C=O) groups is 1. The molecule has 0 aromatic heterocycles. The van der Waals surface area contributed by atoms with Crippen LogP contribution in [-0.4, -0.2) is 16.7 Å². The van der Waals surface area contributed by atoms with Crippen LogP contribution >= 0.6 is 15.9 Å². The first kappa shape index (κ1) is 12.4. The van der Waals surface area contributed by atoms with Crippen LogP contribution in [0.5, 0.6) is 5.75 Å². The van der Waals surface area contributed by atoms with E-state index in [4.69, 9.17) is 9.84 Å². The lowest BCUT2D eigenvalue weighted by atomic mass is 9.77. The summed E-state index contributed by atoms with van der Waals surface area (Å²) in [5.41, 5.74) is -0.608. The summed E-state index contributed by atoms with van der Waals surface area (Å²) in [7, 11) is 0. The highest BCUT2D eigenvalue weighted by molar-refractivity contribution is 9.10. The maximum Gasteiger partial charge on any atom is 0.307 e. The van der Waals surface area contributed by atoms with Gasteiger partial charge in [-0.05, 0) is 53.4 Å². The predicted octanol–water partition coefficient (Wildman–Crippen LogP) is 3.36. The number of hydrogen-bond acceptors (Lipinski definition) is 2. The van der Waals surface area contributed by atoms with Crippen molar-refractivity contribution < 1.29 is 19.0 Å². The summed E-state index contributed by atoms with van der Waals surface area (Å²) >= 11 is 3.07. The standard InChI is InChI=1S/C12H12BrFO3/c13-9-6-8(2-3-10(9)14)17-12(4-1-5-12)7-11(15)16/h2-3,6H,1,4-5,7H2,(H,15,16). The van der Waals surface area contributed by atoms with E-state index in [0.717, 1.165) is 19.3 Å². The summed E-state index contributed by atoms with van der Waals surface area (Å²) in [5.74, 6) is -0.733. The van der Waals surface area contributed by atoms with E-state index in [1.54, 1.807) is 0 Å². The third-order valence-corrected chi connectivity index (χ3v) is 3.57. The van der Waals surface area contributed by atoms with Crippen molar-refractivity contribution in [3.63, 3.8) is 0 Å². The van der Waals surface area contributed by atoms with Gasteiger partial charge in [-0.3, -0.25) is 4.79 Å². The molecule has 1 aliphatic rings. The number of benzene rings is 1. The minimum atomic E-state index is -0.870. The number of carboxylic acid groups (broad SMARTS) is 1. The number of hydrogen-bond donors (Lipinski definition) is 1. The molecule has 0 spiro atoms. The smallest absolute Gasteiger partial charge is 0.307 e. The number of halogens is 2. The Kier molecular flexibility index (Phi) is 3.38. The third-order valence-electron chi connectivity index (χ3n) is 2.96. The zero-order valence-electron chi connectivity index (χ0n) is 9.08. The Morgan fingerprint density at radius 2 is 2.24 bits per heavy atom. The number of ether oxygens (including phenoxy) is 1. The van der Waals surface area contributed by atoms with Crippen molar-refractivity contribution in [1.29, 1.82) is 0 Å². The van der Waals surface area contributed by atoms with Gasteiger partial charge in [0.1, 0.15) is 17.2 Å². The molecule has 2 rings (SSSR count). The van der Waals surface area contributed by atoms with Gasteiger partial charge in [0.25, 0.3) is 0 Å². The molecule has 5 heteroatoms. The molecule has 3 nitrogen and oxygen atoms in total. The van der Waals surface area contributed by atoms with E-state index < -0.39 is 11.6 Å². The second-order valence-corrected chi connectivity index (χ2v) is 5.14. The molecule has 1 fully saturated rings. The normalized spacial score (nSPS) is 17.3. The Labute approximate surface area is 107 Å². The van der Waals surface area contributed by atoms with Gasteiger partial charge >= 0.3 is 5.97 Å². The molecule has 0 saturated heterocycles. The van der Waals surface area contributed by atoms with Gasteiger partial charge in [-0.15, -0.1) is 0 Å². The highest BCUT2D eigenvalue weighted by atomic mass is 79.9. The van der Waals surface area contributed by atoms with Crippen LogP contribution in [0.15, 0.2) is 22.7 Å². The van der Waals surface area contributed by atoms with Crippen LogP contribution in [0.2, 0.25) is 0 Å². The minimum Gasteiger partial charge on any atom is -0.487 e. The molecule has 0 radical (unpaired) electrons. The molecule has 1 aromatic rings. The van der Waals surface area contributed by atoms with Crippen LogP contribution in [-0.2, 0) is 4.79 Å². The molecule has 92 valence electrons. The second kappa shape index (κ2) is 4.64. The van der Waals surface area contributed by atoms with Gasteiger partial charge in [0.15, 0.2) is 0 Å². The molecule has 0 aliphatic heterocycles. The quantitative estimate of drug-likeness (QED) is 0.927. The molecule has 1 aromatic carbocycles. The van der Waals surface area contributed by atoms with Gasteiger partial charge < -0.3 is 9.84 Å². The molecular weight excluding hydrogens is 291 g/mol. The number of rotatable bonds is 4. The van der Waals surface area contributed by atoms with Crippen LogP contribution < -0.4 is 4.74 Å². The summed E-state index contributed by atoms with van der Waals surface area (Å²) < 4.78 is 19.1. The molecular formula is C12H12BrFO3. The lowest BCUT2D eigenvalue weighted by Crippen LogP contribution is -2.45. The van der Waals surface area contributed by atoms with Gasteiger partial charge in [0, 0.05) is 0 Å². The molecule has 0 bridgehead atoms. The van der Waals surface area contributed by atoms with Gasteiger partial charge in [0.2, 0.25) is 0 Å². The second-order valence-electron chi connectivity index (χ2n) is 4.29. The fraction of sp³-hybridized carbons (Fsp3) is 0.417. The monoisotopic (exact) mass is 302 g/mol. The van der Waals surface area contributed by atoms with E-state index in [1.807, 2.05) is 0 Å². The van der Waals surface area contributed by atoms with Crippen molar-refractivity contribution in [3.05, 3.63) is 28.5 Å². The first-order valence-corrected chi connectivity index (χ1v) is 6.16. The highest BCUT2D eigenvalue weighted by Gasteiger charge is 2.41. The van der Waals surface area contributed by atoms with Crippen molar-refractivity contribution in [1.82, 2.24) is 0 Å². The van der Waals surface area contributed by atoms with E-state index in [-0.39, 0.29) is 12.2 Å². The fourth-order valence-corrected chi connectivity index (χ4v) is 2.31. The van der Waals surface area contributed by atoms with Crippen LogP contribution in [0, 0.1) is 5.82 Å². The zero-order valence-corrected chi connectivity index (χ0v) is 10.7. The van der Waals surface area contributed by atoms with Crippen molar-refractivity contribution >= 4 is 21.9 Å². The summed E-state index contributed by atoms with van der Waals surface area (Å²) in [6.07, 6.45) is 2.42. The summed E-state index contributed by atoms with van der Waals surface area (Å²) in [5, 5.41) is 8.84. The molecule has 1 aliphatic carbocycles. The van der Waals surface area contributed by atoms with Gasteiger partial charge in [0.05, 0.1) is 10.9 Å². The Morgan fingerprint density at radius 1 is 1.53 bits per heavy atom.